The Balaban J connectivity index is 1.67. The van der Waals surface area contributed by atoms with Gasteiger partial charge >= 0.3 is 12.0 Å². The summed E-state index contributed by atoms with van der Waals surface area (Å²) in [7, 11) is -3.65. The highest BCUT2D eigenvalue weighted by Gasteiger charge is 2.40. The van der Waals surface area contributed by atoms with E-state index in [1.165, 1.54) is 9.21 Å². The molecule has 210 valence electrons. The monoisotopic (exact) mass is 594 g/mol. The van der Waals surface area contributed by atoms with Crippen LogP contribution in [0.25, 0.3) is 0 Å². The van der Waals surface area contributed by atoms with E-state index in [-0.39, 0.29) is 36.7 Å². The van der Waals surface area contributed by atoms with Gasteiger partial charge in [0, 0.05) is 44.5 Å². The van der Waals surface area contributed by atoms with Gasteiger partial charge in [0.15, 0.2) is 0 Å². The van der Waals surface area contributed by atoms with Crippen molar-refractivity contribution in [3.8, 4) is 0 Å². The molecule has 0 spiro atoms. The molecular formula is C27H32Cl2N4O5S. The van der Waals surface area contributed by atoms with E-state index in [1.54, 1.807) is 55.5 Å². The number of esters is 1. The highest BCUT2D eigenvalue weighted by Crippen LogP contribution is 2.35. The Morgan fingerprint density at radius 1 is 1.08 bits per heavy atom. The molecule has 2 heterocycles. The first-order valence-corrected chi connectivity index (χ1v) is 15.0. The highest BCUT2D eigenvalue weighted by atomic mass is 35.5. The molecule has 2 atom stereocenters. The Kier molecular flexibility index (Phi) is 9.23. The van der Waals surface area contributed by atoms with Crippen LogP contribution in [0.5, 0.6) is 0 Å². The quantitative estimate of drug-likeness (QED) is 0.458. The Hall–Kier alpha value is -2.63. The van der Waals surface area contributed by atoms with Crippen LogP contribution in [0.1, 0.15) is 32.4 Å². The fourth-order valence-electron chi connectivity index (χ4n) is 5.06. The number of halogens is 2. The molecular weight excluding hydrogens is 563 g/mol. The summed E-state index contributed by atoms with van der Waals surface area (Å²) in [5, 5.41) is 3.57. The van der Waals surface area contributed by atoms with Crippen LogP contribution in [-0.4, -0.2) is 79.9 Å². The second-order valence-electron chi connectivity index (χ2n) is 9.39. The summed E-state index contributed by atoms with van der Waals surface area (Å²) in [6, 6.07) is 11.9. The van der Waals surface area contributed by atoms with E-state index in [1.807, 2.05) is 13.8 Å². The zero-order valence-electron chi connectivity index (χ0n) is 22.1. The Labute approximate surface area is 239 Å². The van der Waals surface area contributed by atoms with Crippen LogP contribution in [0.4, 0.5) is 4.79 Å². The van der Waals surface area contributed by atoms with Crippen LogP contribution in [0.3, 0.4) is 0 Å². The summed E-state index contributed by atoms with van der Waals surface area (Å²) in [5.74, 6) is -0.541. The fraction of sp³-hybridized carbons (Fsp3) is 0.407. The maximum Gasteiger partial charge on any atom is 0.338 e. The van der Waals surface area contributed by atoms with Gasteiger partial charge in [-0.3, -0.25) is 9.80 Å². The Bertz CT molecular complexity index is 1370. The largest absolute Gasteiger partial charge is 0.463 e. The van der Waals surface area contributed by atoms with Gasteiger partial charge in [0.2, 0.25) is 10.0 Å². The molecule has 0 saturated carbocycles. The van der Waals surface area contributed by atoms with Gasteiger partial charge in [-0.05, 0) is 50.6 Å². The molecule has 39 heavy (non-hydrogen) atoms. The summed E-state index contributed by atoms with van der Waals surface area (Å²) in [4.78, 5) is 30.4. The number of piperazine rings is 1. The lowest BCUT2D eigenvalue weighted by atomic mass is 9.94. The van der Waals surface area contributed by atoms with E-state index in [4.69, 9.17) is 27.9 Å². The third-order valence-electron chi connectivity index (χ3n) is 6.90. The molecule has 4 rings (SSSR count). The average molecular weight is 596 g/mol. The van der Waals surface area contributed by atoms with Crippen LogP contribution in [-0.2, 0) is 19.6 Å². The minimum Gasteiger partial charge on any atom is -0.463 e. The number of benzene rings is 2. The normalized spacial score (nSPS) is 21.2. The minimum absolute atomic E-state index is 0.164. The molecule has 12 heteroatoms. The molecule has 0 bridgehead atoms. The molecule has 2 aliphatic heterocycles. The van der Waals surface area contributed by atoms with Gasteiger partial charge in [-0.1, -0.05) is 47.5 Å². The standard InChI is InChI=1S/C27H32Cl2N4O5S/c1-4-32-23(17-31-13-14-33(18(3)16-31)39(36,37)20-9-7-6-8-10-20)24(26(34)38-5-2)25(30-27(32)35)19-11-12-21(28)22(29)15-19/h6-12,15,18,25H,4-5,13-14,16-17H2,1-3H3,(H,30,35)/t18-,25+/m0/s1. The molecule has 1 N–H and O–H groups in total. The van der Waals surface area contributed by atoms with Crippen molar-refractivity contribution in [2.24, 2.45) is 0 Å². The van der Waals surface area contributed by atoms with Gasteiger partial charge in [0.1, 0.15) is 0 Å². The molecule has 2 aliphatic rings. The van der Waals surface area contributed by atoms with E-state index >= 15 is 0 Å². The van der Waals surface area contributed by atoms with Crippen LogP contribution in [0.2, 0.25) is 10.0 Å². The second kappa shape index (κ2) is 12.3. The van der Waals surface area contributed by atoms with Gasteiger partial charge in [0.05, 0.1) is 33.2 Å². The molecule has 0 unspecified atom stereocenters. The molecule has 9 nitrogen and oxygen atoms in total. The number of hydrogen-bond donors (Lipinski definition) is 1. The molecule has 1 fully saturated rings. The van der Waals surface area contributed by atoms with Crippen LogP contribution in [0, 0.1) is 0 Å². The Morgan fingerprint density at radius 3 is 2.41 bits per heavy atom. The van der Waals surface area contributed by atoms with Crippen molar-refractivity contribution in [2.45, 2.75) is 37.8 Å². The summed E-state index contributed by atoms with van der Waals surface area (Å²) in [5.41, 5.74) is 1.42. The maximum atomic E-state index is 13.3. The maximum absolute atomic E-state index is 13.3. The van der Waals surface area contributed by atoms with Crippen LogP contribution >= 0.6 is 23.2 Å². The summed E-state index contributed by atoms with van der Waals surface area (Å²) in [6.45, 7) is 7.28. The van der Waals surface area contributed by atoms with E-state index in [2.05, 4.69) is 10.2 Å². The van der Waals surface area contributed by atoms with E-state index < -0.39 is 22.0 Å². The number of hydrogen-bond acceptors (Lipinski definition) is 6. The third-order valence-corrected chi connectivity index (χ3v) is 9.67. The predicted octanol–water partition coefficient (Wildman–Crippen LogP) is 4.29. The number of rotatable bonds is 8. The minimum atomic E-state index is -3.65. The van der Waals surface area contributed by atoms with Gasteiger partial charge in [0.25, 0.3) is 0 Å². The van der Waals surface area contributed by atoms with Crippen molar-refractivity contribution < 1.29 is 22.7 Å². The lowest BCUT2D eigenvalue weighted by Crippen LogP contribution is -2.56. The van der Waals surface area contributed by atoms with Crippen molar-refractivity contribution in [3.05, 3.63) is 75.4 Å². The van der Waals surface area contributed by atoms with Crippen LogP contribution in [0.15, 0.2) is 64.7 Å². The number of likely N-dealkylation sites (N-methyl/N-ethyl adjacent to an activating group) is 1. The van der Waals surface area contributed by atoms with E-state index in [0.29, 0.717) is 46.5 Å². The SMILES string of the molecule is CCOC(=O)C1=C(CN2CCN(S(=O)(=O)c3ccccc3)[C@@H](C)C2)N(CC)C(=O)N[C@@H]1c1ccc(Cl)c(Cl)c1. The summed E-state index contributed by atoms with van der Waals surface area (Å²) in [6.07, 6.45) is 0. The highest BCUT2D eigenvalue weighted by molar-refractivity contribution is 7.89. The predicted molar refractivity (Wildman–Crippen MR) is 150 cm³/mol. The summed E-state index contributed by atoms with van der Waals surface area (Å²) < 4.78 is 33.4. The molecule has 2 aromatic carbocycles. The Morgan fingerprint density at radius 2 is 1.79 bits per heavy atom. The van der Waals surface area contributed by atoms with Crippen molar-refractivity contribution in [3.63, 3.8) is 0 Å². The molecule has 0 aliphatic carbocycles. The van der Waals surface area contributed by atoms with E-state index in [0.717, 1.165) is 0 Å². The van der Waals surface area contributed by atoms with Gasteiger partial charge in [-0.2, -0.15) is 4.31 Å². The number of carbonyl (C=O) groups is 2. The number of nitrogens with one attached hydrogen (secondary N) is 1. The molecule has 2 aromatic rings. The topological polar surface area (TPSA) is 99.3 Å². The lowest BCUT2D eigenvalue weighted by molar-refractivity contribution is -0.139. The number of sulfonamides is 1. The van der Waals surface area contributed by atoms with Crippen molar-refractivity contribution in [1.29, 1.82) is 0 Å². The van der Waals surface area contributed by atoms with Gasteiger partial charge in [-0.15, -0.1) is 0 Å². The van der Waals surface area contributed by atoms with Crippen LogP contribution < -0.4 is 5.32 Å². The first-order valence-electron chi connectivity index (χ1n) is 12.8. The number of urea groups is 1. The van der Waals surface area contributed by atoms with E-state index in [9.17, 15) is 18.0 Å². The first kappa shape index (κ1) is 29.4. The first-order chi connectivity index (χ1) is 18.6. The zero-order valence-corrected chi connectivity index (χ0v) is 24.4. The average Bonchev–Trinajstić information content (AvgIpc) is 2.90. The van der Waals surface area contributed by atoms with Gasteiger partial charge in [-0.25, -0.2) is 18.0 Å². The zero-order chi connectivity index (χ0) is 28.3. The number of ether oxygens (including phenoxy) is 1. The van der Waals surface area contributed by atoms with Crippen molar-refractivity contribution in [2.75, 3.05) is 39.3 Å². The molecule has 1 saturated heterocycles. The summed E-state index contributed by atoms with van der Waals surface area (Å²) >= 11 is 12.4. The third kappa shape index (κ3) is 6.10. The van der Waals surface area contributed by atoms with Gasteiger partial charge < -0.3 is 10.1 Å². The van der Waals surface area contributed by atoms with Crippen molar-refractivity contribution in [1.82, 2.24) is 19.4 Å². The fourth-order valence-corrected chi connectivity index (χ4v) is 7.00. The second-order valence-corrected chi connectivity index (χ2v) is 12.1. The lowest BCUT2D eigenvalue weighted by Gasteiger charge is -2.42. The smallest absolute Gasteiger partial charge is 0.338 e. The molecule has 2 amide bonds. The molecule has 0 radical (unpaired) electrons. The number of amides is 2. The van der Waals surface area contributed by atoms with Crippen molar-refractivity contribution >= 4 is 45.2 Å². The number of carbonyl (C=O) groups excluding carboxylic acids is 2. The number of nitrogens with zero attached hydrogens (tertiary/aromatic N) is 3. The molecule has 0 aromatic heterocycles.